The fourth-order valence-corrected chi connectivity index (χ4v) is 4.17. The zero-order chi connectivity index (χ0) is 26.9. The van der Waals surface area contributed by atoms with Crippen LogP contribution in [-0.4, -0.2) is 39.6 Å². The van der Waals surface area contributed by atoms with E-state index >= 15 is 0 Å². The normalized spacial score (nSPS) is 14.8. The number of hydrogen-bond acceptors (Lipinski definition) is 5. The van der Waals surface area contributed by atoms with E-state index in [1.54, 1.807) is 18.7 Å². The van der Waals surface area contributed by atoms with E-state index in [9.17, 15) is 27.2 Å². The fraction of sp³-hybridized carbons (Fsp3) is 0.360. The lowest BCUT2D eigenvalue weighted by Gasteiger charge is -2.33. The number of anilines is 1. The van der Waals surface area contributed by atoms with E-state index in [4.69, 9.17) is 11.6 Å². The summed E-state index contributed by atoms with van der Waals surface area (Å²) in [6.45, 7) is 4.49. The summed E-state index contributed by atoms with van der Waals surface area (Å²) in [6, 6.07) is 7.65. The van der Waals surface area contributed by atoms with Gasteiger partial charge in [-0.3, -0.25) is 4.79 Å². The van der Waals surface area contributed by atoms with Crippen molar-refractivity contribution >= 4 is 23.5 Å². The highest BCUT2D eigenvalue weighted by Gasteiger charge is 2.30. The number of piperidine rings is 1. The molecule has 1 N–H and O–H groups in total. The molecule has 0 spiro atoms. The molecule has 0 bridgehead atoms. The third kappa shape index (κ3) is 5.93. The van der Waals surface area contributed by atoms with E-state index in [2.05, 4.69) is 15.3 Å². The van der Waals surface area contributed by atoms with Crippen LogP contribution in [0.5, 0.6) is 0 Å². The molecule has 1 aliphatic rings. The molecule has 12 heteroatoms. The van der Waals surface area contributed by atoms with Gasteiger partial charge in [0.15, 0.2) is 5.82 Å². The highest BCUT2D eigenvalue weighted by Crippen LogP contribution is 2.31. The van der Waals surface area contributed by atoms with Crippen molar-refractivity contribution in [1.29, 1.82) is 0 Å². The number of carbonyl (C=O) groups excluding carboxylic acids is 1. The zero-order valence-electron chi connectivity index (χ0n) is 20.0. The molecular formula is C25H24ClF4N5O2. The van der Waals surface area contributed by atoms with Crippen molar-refractivity contribution in [2.24, 2.45) is 5.92 Å². The molecular weight excluding hydrogens is 514 g/mol. The topological polar surface area (TPSA) is 80.1 Å². The molecule has 1 aliphatic heterocycles. The van der Waals surface area contributed by atoms with Crippen LogP contribution in [0.4, 0.5) is 23.5 Å². The maximum atomic E-state index is 14.9. The second kappa shape index (κ2) is 10.5. The minimum atomic E-state index is -4.56. The van der Waals surface area contributed by atoms with Crippen LogP contribution in [0.15, 0.2) is 47.3 Å². The van der Waals surface area contributed by atoms with Crippen molar-refractivity contribution in [3.05, 3.63) is 69.4 Å². The number of nitrogens with one attached hydrogen (secondary N) is 1. The molecule has 1 aromatic heterocycles. The Labute approximate surface area is 215 Å². The quantitative estimate of drug-likeness (QED) is 0.471. The maximum Gasteiger partial charge on any atom is 0.416 e. The Morgan fingerprint density at radius 3 is 2.30 bits per heavy atom. The first-order valence-corrected chi connectivity index (χ1v) is 12.0. The number of halogens is 5. The molecule has 1 fully saturated rings. The minimum absolute atomic E-state index is 0.0353. The van der Waals surface area contributed by atoms with Crippen molar-refractivity contribution < 1.29 is 22.4 Å². The van der Waals surface area contributed by atoms with Crippen LogP contribution in [-0.2, 0) is 11.0 Å². The van der Waals surface area contributed by atoms with Crippen molar-refractivity contribution in [1.82, 2.24) is 19.9 Å². The number of aromatic nitrogens is 3. The predicted molar refractivity (Wildman–Crippen MR) is 131 cm³/mol. The number of amides is 1. The number of alkyl halides is 3. The van der Waals surface area contributed by atoms with Crippen LogP contribution in [0.1, 0.15) is 32.3 Å². The van der Waals surface area contributed by atoms with Crippen molar-refractivity contribution in [3.8, 4) is 17.1 Å². The van der Waals surface area contributed by atoms with Gasteiger partial charge < -0.3 is 10.2 Å². The summed E-state index contributed by atoms with van der Waals surface area (Å²) < 4.78 is 55.0. The van der Waals surface area contributed by atoms with E-state index in [1.165, 1.54) is 12.1 Å². The summed E-state index contributed by atoms with van der Waals surface area (Å²) in [4.78, 5) is 35.5. The van der Waals surface area contributed by atoms with Gasteiger partial charge in [0.1, 0.15) is 5.82 Å². The third-order valence-corrected chi connectivity index (χ3v) is 6.31. The number of nitrogens with zero attached hydrogens (tertiary/aromatic N) is 4. The van der Waals surface area contributed by atoms with Crippen LogP contribution in [0.3, 0.4) is 0 Å². The first kappa shape index (κ1) is 26.6. The Hall–Kier alpha value is -3.47. The lowest BCUT2D eigenvalue weighted by atomic mass is 10.0. The molecule has 4 rings (SSSR count). The van der Waals surface area contributed by atoms with Gasteiger partial charge >= 0.3 is 11.9 Å². The van der Waals surface area contributed by atoms with E-state index in [0.717, 1.165) is 34.9 Å². The Bertz CT molecular complexity index is 1350. The summed E-state index contributed by atoms with van der Waals surface area (Å²) in [5.41, 5.74) is -1.74. The minimum Gasteiger partial charge on any atom is -0.353 e. The Morgan fingerprint density at radius 2 is 1.73 bits per heavy atom. The molecule has 3 aromatic rings. The van der Waals surface area contributed by atoms with Crippen LogP contribution >= 0.6 is 11.6 Å². The Kier molecular flexibility index (Phi) is 7.54. The van der Waals surface area contributed by atoms with E-state index in [1.807, 2.05) is 0 Å². The molecule has 1 saturated heterocycles. The predicted octanol–water partition coefficient (Wildman–Crippen LogP) is 4.85. The lowest BCUT2D eigenvalue weighted by Crippen LogP contribution is -2.46. The average molecular weight is 538 g/mol. The summed E-state index contributed by atoms with van der Waals surface area (Å²) in [5.74, 6) is -1.01. The van der Waals surface area contributed by atoms with Crippen LogP contribution < -0.4 is 15.9 Å². The summed E-state index contributed by atoms with van der Waals surface area (Å²) >= 11 is 5.89. The van der Waals surface area contributed by atoms with Crippen molar-refractivity contribution in [2.45, 2.75) is 38.9 Å². The van der Waals surface area contributed by atoms with Gasteiger partial charge in [0.25, 0.3) is 0 Å². The summed E-state index contributed by atoms with van der Waals surface area (Å²) in [7, 11) is 0. The number of rotatable bonds is 5. The summed E-state index contributed by atoms with van der Waals surface area (Å²) in [6.07, 6.45) is -3.38. The first-order valence-electron chi connectivity index (χ1n) is 11.6. The molecule has 37 heavy (non-hydrogen) atoms. The SMILES string of the molecule is CC(C)C(=O)NC1CCN(c2nc(-c3ccc(Cl)cc3F)n(-c3ccc(C(F)(F)F)cc3)c(=O)n2)CC1. The third-order valence-electron chi connectivity index (χ3n) is 6.08. The molecule has 2 heterocycles. The molecule has 2 aromatic carbocycles. The van der Waals surface area contributed by atoms with Gasteiger partial charge in [0, 0.05) is 30.1 Å². The number of hydrogen-bond donors (Lipinski definition) is 1. The zero-order valence-corrected chi connectivity index (χ0v) is 20.8. The van der Waals surface area contributed by atoms with Crippen LogP contribution in [0.25, 0.3) is 17.1 Å². The van der Waals surface area contributed by atoms with E-state index < -0.39 is 23.2 Å². The van der Waals surface area contributed by atoms with E-state index in [-0.39, 0.29) is 45.9 Å². The molecule has 7 nitrogen and oxygen atoms in total. The van der Waals surface area contributed by atoms with Crippen molar-refractivity contribution in [3.63, 3.8) is 0 Å². The fourth-order valence-electron chi connectivity index (χ4n) is 4.01. The van der Waals surface area contributed by atoms with Gasteiger partial charge in [-0.1, -0.05) is 25.4 Å². The number of carbonyl (C=O) groups is 1. The highest BCUT2D eigenvalue weighted by atomic mass is 35.5. The number of benzene rings is 2. The second-order valence-corrected chi connectivity index (χ2v) is 9.50. The molecule has 1 amide bonds. The second-order valence-electron chi connectivity index (χ2n) is 9.06. The largest absolute Gasteiger partial charge is 0.416 e. The van der Waals surface area contributed by atoms with Crippen LogP contribution in [0, 0.1) is 11.7 Å². The molecule has 196 valence electrons. The van der Waals surface area contributed by atoms with Gasteiger partial charge in [-0.2, -0.15) is 23.1 Å². The van der Waals surface area contributed by atoms with Crippen LogP contribution in [0.2, 0.25) is 5.02 Å². The first-order chi connectivity index (χ1) is 17.4. The van der Waals surface area contributed by atoms with Gasteiger partial charge in [-0.05, 0) is 55.3 Å². The molecule has 0 aliphatic carbocycles. The lowest BCUT2D eigenvalue weighted by molar-refractivity contribution is -0.137. The maximum absolute atomic E-state index is 14.9. The molecule has 0 unspecified atom stereocenters. The highest BCUT2D eigenvalue weighted by molar-refractivity contribution is 6.30. The smallest absolute Gasteiger partial charge is 0.353 e. The van der Waals surface area contributed by atoms with Crippen molar-refractivity contribution in [2.75, 3.05) is 18.0 Å². The van der Waals surface area contributed by atoms with Gasteiger partial charge in [0.05, 0.1) is 16.8 Å². The molecule has 0 saturated carbocycles. The van der Waals surface area contributed by atoms with E-state index in [0.29, 0.717) is 25.9 Å². The summed E-state index contributed by atoms with van der Waals surface area (Å²) in [5, 5.41) is 3.11. The Morgan fingerprint density at radius 1 is 1.08 bits per heavy atom. The van der Waals surface area contributed by atoms with Gasteiger partial charge in [0.2, 0.25) is 11.9 Å². The molecule has 0 atom stereocenters. The van der Waals surface area contributed by atoms with Gasteiger partial charge in [-0.25, -0.2) is 13.8 Å². The average Bonchev–Trinajstić information content (AvgIpc) is 2.83. The standard InChI is InChI=1S/C25H24ClF4N5O2/c1-14(2)22(36)31-17-9-11-34(12-10-17)23-32-21(19-8-5-16(26)13-20(19)27)35(24(37)33-23)18-6-3-15(4-7-18)25(28,29)30/h3-8,13-14,17H,9-12H2,1-2H3,(H,31,36). The monoisotopic (exact) mass is 537 g/mol. The Balaban J connectivity index is 1.72. The molecule has 0 radical (unpaired) electrons. The van der Waals surface area contributed by atoms with Gasteiger partial charge in [-0.15, -0.1) is 0 Å².